The highest BCUT2D eigenvalue weighted by Gasteiger charge is 2.32. The first-order chi connectivity index (χ1) is 18.0. The minimum Gasteiger partial charge on any atom is -0.465 e. The smallest absolute Gasteiger partial charge is 0.407 e. The van der Waals surface area contributed by atoms with Crippen molar-refractivity contribution in [3.05, 3.63) is 101 Å². The van der Waals surface area contributed by atoms with Crippen molar-refractivity contribution in [3.8, 4) is 0 Å². The van der Waals surface area contributed by atoms with Gasteiger partial charge in [-0.25, -0.2) is 26.7 Å². The average molecular weight is 547 g/mol. The molecule has 0 spiro atoms. The highest BCUT2D eigenvalue weighted by Crippen LogP contribution is 2.22. The van der Waals surface area contributed by atoms with Crippen LogP contribution in [0.4, 0.5) is 13.6 Å². The van der Waals surface area contributed by atoms with Crippen LogP contribution in [0, 0.1) is 17.6 Å². The van der Waals surface area contributed by atoms with Gasteiger partial charge in [0.2, 0.25) is 10.0 Å². The molecule has 0 aliphatic heterocycles. The molecule has 1 amide bonds. The van der Waals surface area contributed by atoms with Gasteiger partial charge < -0.3 is 10.2 Å². The number of hydrogen-bond acceptors (Lipinski definition) is 4. The SMILES string of the molecule is CC(C)Cc1cc(F)ccc1S(=O)(=O)NC[C@@H](O)[C@H](Cc1ccc(F)cc1)N(Cc1ccccc1)C(=O)O. The number of amides is 1. The standard InChI is InChI=1S/C28H32F2N2O5S/c1-19(2)14-22-16-24(30)12-13-27(22)38(36,37)31-17-26(33)25(15-20-8-10-23(29)11-9-20)32(28(34)35)18-21-6-4-3-5-7-21/h3-13,16,19,25-26,31,33H,14-15,17-18H2,1-2H3,(H,34,35)/t25-,26+/m0/s1. The topological polar surface area (TPSA) is 107 Å². The van der Waals surface area contributed by atoms with Gasteiger partial charge in [-0.3, -0.25) is 4.90 Å². The Labute approximate surface area is 221 Å². The summed E-state index contributed by atoms with van der Waals surface area (Å²) in [6, 6.07) is 16.6. The summed E-state index contributed by atoms with van der Waals surface area (Å²) in [5.74, 6) is -0.954. The van der Waals surface area contributed by atoms with Crippen LogP contribution in [0.15, 0.2) is 77.7 Å². The second-order valence-corrected chi connectivity index (χ2v) is 11.3. The molecule has 0 aliphatic carbocycles. The van der Waals surface area contributed by atoms with Crippen molar-refractivity contribution in [2.75, 3.05) is 6.54 Å². The Morgan fingerprint density at radius 3 is 2.16 bits per heavy atom. The summed E-state index contributed by atoms with van der Waals surface area (Å²) < 4.78 is 55.9. The Morgan fingerprint density at radius 1 is 0.921 bits per heavy atom. The number of halogens is 2. The molecule has 38 heavy (non-hydrogen) atoms. The van der Waals surface area contributed by atoms with E-state index in [9.17, 15) is 32.2 Å². The Kier molecular flexibility index (Phi) is 9.96. The molecule has 0 radical (unpaired) electrons. The molecule has 3 aromatic rings. The van der Waals surface area contributed by atoms with Crippen LogP contribution in [-0.4, -0.2) is 48.3 Å². The van der Waals surface area contributed by atoms with Crippen molar-refractivity contribution >= 4 is 16.1 Å². The number of nitrogens with one attached hydrogen (secondary N) is 1. The van der Waals surface area contributed by atoms with Crippen molar-refractivity contribution in [1.29, 1.82) is 0 Å². The molecule has 0 fully saturated rings. The first-order valence-electron chi connectivity index (χ1n) is 12.2. The van der Waals surface area contributed by atoms with Crippen LogP contribution in [0.5, 0.6) is 0 Å². The molecule has 0 bridgehead atoms. The summed E-state index contributed by atoms with van der Waals surface area (Å²) in [6.45, 7) is 3.21. The van der Waals surface area contributed by atoms with E-state index in [0.29, 0.717) is 23.1 Å². The van der Waals surface area contributed by atoms with E-state index in [1.54, 1.807) is 30.3 Å². The van der Waals surface area contributed by atoms with Gasteiger partial charge in [0.25, 0.3) is 0 Å². The quantitative estimate of drug-likeness (QED) is 0.308. The molecule has 7 nitrogen and oxygen atoms in total. The zero-order valence-electron chi connectivity index (χ0n) is 21.2. The van der Waals surface area contributed by atoms with Gasteiger partial charge in [0, 0.05) is 13.1 Å². The zero-order valence-corrected chi connectivity index (χ0v) is 22.0. The van der Waals surface area contributed by atoms with Gasteiger partial charge in [-0.1, -0.05) is 56.3 Å². The Hall–Kier alpha value is -3.34. The highest BCUT2D eigenvalue weighted by molar-refractivity contribution is 7.89. The fraction of sp³-hybridized carbons (Fsp3) is 0.321. The van der Waals surface area contributed by atoms with E-state index in [1.807, 2.05) is 13.8 Å². The molecule has 0 heterocycles. The lowest BCUT2D eigenvalue weighted by molar-refractivity contribution is 0.0468. The molecule has 0 aromatic heterocycles. The van der Waals surface area contributed by atoms with Crippen LogP contribution >= 0.6 is 0 Å². The van der Waals surface area contributed by atoms with Crippen molar-refractivity contribution in [1.82, 2.24) is 9.62 Å². The average Bonchev–Trinajstić information content (AvgIpc) is 2.86. The van der Waals surface area contributed by atoms with Crippen LogP contribution in [-0.2, 0) is 29.4 Å². The van der Waals surface area contributed by atoms with Gasteiger partial charge in [0.05, 0.1) is 17.0 Å². The number of carbonyl (C=O) groups is 1. The first-order valence-corrected chi connectivity index (χ1v) is 13.7. The Balaban J connectivity index is 1.88. The molecule has 3 rings (SSSR count). The molecular formula is C28H32F2N2O5S. The van der Waals surface area contributed by atoms with E-state index < -0.39 is 46.4 Å². The van der Waals surface area contributed by atoms with E-state index in [-0.39, 0.29) is 23.8 Å². The van der Waals surface area contributed by atoms with Crippen molar-refractivity contribution in [2.24, 2.45) is 5.92 Å². The van der Waals surface area contributed by atoms with Crippen LogP contribution < -0.4 is 4.72 Å². The minimum atomic E-state index is -4.16. The van der Waals surface area contributed by atoms with E-state index >= 15 is 0 Å². The van der Waals surface area contributed by atoms with Crippen LogP contribution in [0.1, 0.15) is 30.5 Å². The minimum absolute atomic E-state index is 0.0114. The molecule has 2 atom stereocenters. The molecule has 3 N–H and O–H groups in total. The summed E-state index contributed by atoms with van der Waals surface area (Å²) in [5, 5.41) is 21.1. The number of rotatable bonds is 12. The van der Waals surface area contributed by atoms with Crippen molar-refractivity contribution in [2.45, 2.75) is 50.3 Å². The van der Waals surface area contributed by atoms with Crippen LogP contribution in [0.3, 0.4) is 0 Å². The van der Waals surface area contributed by atoms with E-state index in [0.717, 1.165) is 11.0 Å². The number of aliphatic hydroxyl groups excluding tert-OH is 1. The summed E-state index contributed by atoms with van der Waals surface area (Å²) in [4.78, 5) is 13.2. The molecule has 0 unspecified atom stereocenters. The predicted molar refractivity (Wildman–Crippen MR) is 140 cm³/mol. The largest absolute Gasteiger partial charge is 0.465 e. The highest BCUT2D eigenvalue weighted by atomic mass is 32.2. The molecule has 204 valence electrons. The monoisotopic (exact) mass is 546 g/mol. The number of benzene rings is 3. The number of aliphatic hydroxyl groups is 1. The summed E-state index contributed by atoms with van der Waals surface area (Å²) >= 11 is 0. The van der Waals surface area contributed by atoms with E-state index in [1.165, 1.54) is 36.4 Å². The third-order valence-corrected chi connectivity index (χ3v) is 7.59. The maximum atomic E-state index is 13.8. The molecule has 3 aromatic carbocycles. The van der Waals surface area contributed by atoms with Crippen LogP contribution in [0.2, 0.25) is 0 Å². The number of sulfonamides is 1. The molecule has 10 heteroatoms. The van der Waals surface area contributed by atoms with Crippen molar-refractivity contribution in [3.63, 3.8) is 0 Å². The fourth-order valence-electron chi connectivity index (χ4n) is 4.24. The summed E-state index contributed by atoms with van der Waals surface area (Å²) in [6.07, 6.45) is -2.42. The molecule has 0 aliphatic rings. The second kappa shape index (κ2) is 12.9. The number of carboxylic acid groups (broad SMARTS) is 1. The lowest BCUT2D eigenvalue weighted by atomic mass is 9.99. The number of nitrogens with zero attached hydrogens (tertiary/aromatic N) is 1. The van der Waals surface area contributed by atoms with Gasteiger partial charge in [0.15, 0.2) is 0 Å². The molecular weight excluding hydrogens is 514 g/mol. The van der Waals surface area contributed by atoms with Crippen molar-refractivity contribution < 1.29 is 32.2 Å². The van der Waals surface area contributed by atoms with Gasteiger partial charge in [-0.15, -0.1) is 0 Å². The third-order valence-electron chi connectivity index (χ3n) is 6.07. The van der Waals surface area contributed by atoms with Gasteiger partial charge in [0.1, 0.15) is 11.6 Å². The van der Waals surface area contributed by atoms with E-state index in [4.69, 9.17) is 0 Å². The summed E-state index contributed by atoms with van der Waals surface area (Å²) in [5.41, 5.74) is 1.55. The van der Waals surface area contributed by atoms with Gasteiger partial charge in [-0.2, -0.15) is 0 Å². The lowest BCUT2D eigenvalue weighted by Gasteiger charge is -2.33. The molecule has 0 saturated heterocycles. The van der Waals surface area contributed by atoms with Crippen LogP contribution in [0.25, 0.3) is 0 Å². The number of hydrogen-bond donors (Lipinski definition) is 3. The van der Waals surface area contributed by atoms with Gasteiger partial charge in [-0.05, 0) is 65.8 Å². The summed E-state index contributed by atoms with van der Waals surface area (Å²) in [7, 11) is -4.16. The first kappa shape index (κ1) is 29.2. The Bertz CT molecular complexity index is 1320. The normalized spacial score (nSPS) is 13.3. The fourth-order valence-corrected chi connectivity index (χ4v) is 5.52. The predicted octanol–water partition coefficient (Wildman–Crippen LogP) is 4.59. The maximum Gasteiger partial charge on any atom is 0.407 e. The second-order valence-electron chi connectivity index (χ2n) is 9.56. The van der Waals surface area contributed by atoms with Gasteiger partial charge >= 0.3 is 6.09 Å². The zero-order chi connectivity index (χ0) is 27.9. The lowest BCUT2D eigenvalue weighted by Crippen LogP contribution is -2.51. The molecule has 0 saturated carbocycles. The van der Waals surface area contributed by atoms with E-state index in [2.05, 4.69) is 4.72 Å². The third kappa shape index (κ3) is 8.08. The Morgan fingerprint density at radius 2 is 1.55 bits per heavy atom. The maximum absolute atomic E-state index is 13.8.